The van der Waals surface area contributed by atoms with Gasteiger partial charge >= 0.3 is 0 Å². The summed E-state index contributed by atoms with van der Waals surface area (Å²) in [6, 6.07) is 4.19. The Kier molecular flexibility index (Phi) is 3.61. The van der Waals surface area contributed by atoms with E-state index in [1.807, 2.05) is 0 Å². The Morgan fingerprint density at radius 1 is 1.47 bits per heavy atom. The molecular weight excluding hydrogens is 247 g/mol. The molecule has 2 rings (SSSR count). The number of ether oxygens (including phenoxy) is 1. The lowest BCUT2D eigenvalue weighted by molar-refractivity contribution is 0.450. The summed E-state index contributed by atoms with van der Waals surface area (Å²) in [5.74, 6) is -0.265. The fourth-order valence-corrected chi connectivity index (χ4v) is 1.54. The average Bonchev–Trinajstić information content (AvgIpc) is 2.41. The zero-order valence-electron chi connectivity index (χ0n) is 10.4. The van der Waals surface area contributed by atoms with Crippen molar-refractivity contribution in [2.75, 3.05) is 5.73 Å². The van der Waals surface area contributed by atoms with Crippen molar-refractivity contribution in [3.63, 3.8) is 0 Å². The van der Waals surface area contributed by atoms with E-state index in [9.17, 15) is 4.39 Å². The van der Waals surface area contributed by atoms with Gasteiger partial charge in [0.05, 0.1) is 0 Å². The highest BCUT2D eigenvalue weighted by molar-refractivity contribution is 6.00. The summed E-state index contributed by atoms with van der Waals surface area (Å²) in [6.07, 6.45) is 4.55. The second kappa shape index (κ2) is 5.34. The number of halogens is 1. The summed E-state index contributed by atoms with van der Waals surface area (Å²) >= 11 is 0. The van der Waals surface area contributed by atoms with Gasteiger partial charge < -0.3 is 10.5 Å². The van der Waals surface area contributed by atoms with E-state index in [1.165, 1.54) is 29.7 Å². The number of allylic oxidation sites excluding steroid dienone is 1. The number of hydrazone groups is 1. The molecule has 0 aromatic heterocycles. The molecule has 98 valence electrons. The number of nitrogen functional groups attached to an aromatic ring is 1. The smallest absolute Gasteiger partial charge is 0.246 e. The van der Waals surface area contributed by atoms with Crippen molar-refractivity contribution in [1.82, 2.24) is 5.01 Å². The predicted molar refractivity (Wildman–Crippen MR) is 73.2 cm³/mol. The van der Waals surface area contributed by atoms with E-state index in [0.29, 0.717) is 11.4 Å². The van der Waals surface area contributed by atoms with Gasteiger partial charge in [-0.05, 0) is 19.1 Å². The number of aliphatic imine (C=N–C) groups is 1. The van der Waals surface area contributed by atoms with Crippen LogP contribution in [-0.4, -0.2) is 17.2 Å². The van der Waals surface area contributed by atoms with E-state index in [1.54, 1.807) is 19.1 Å². The van der Waals surface area contributed by atoms with Crippen LogP contribution >= 0.6 is 0 Å². The highest BCUT2D eigenvalue weighted by Gasteiger charge is 2.18. The minimum atomic E-state index is -0.550. The minimum absolute atomic E-state index is 0.0478. The van der Waals surface area contributed by atoms with E-state index in [0.717, 1.165) is 0 Å². The first kappa shape index (κ1) is 12.8. The topological polar surface area (TPSA) is 63.2 Å². The van der Waals surface area contributed by atoms with Gasteiger partial charge in [0.2, 0.25) is 5.90 Å². The standard InChI is InChI=1S/C13H13FN4O/c1-3-11-13(16-8-17-18(11)4-2)19-12-6-5-9(15)7-10(12)14/h3-8H,2,15H2,1H3/b11-3-. The highest BCUT2D eigenvalue weighted by atomic mass is 19.1. The lowest BCUT2D eigenvalue weighted by atomic mass is 10.3. The molecule has 5 nitrogen and oxygen atoms in total. The fourth-order valence-electron chi connectivity index (χ4n) is 1.54. The molecule has 0 atom stereocenters. The van der Waals surface area contributed by atoms with Crippen molar-refractivity contribution in [2.45, 2.75) is 6.92 Å². The van der Waals surface area contributed by atoms with Gasteiger partial charge in [-0.2, -0.15) is 10.1 Å². The van der Waals surface area contributed by atoms with Crippen molar-refractivity contribution in [3.8, 4) is 5.75 Å². The second-order valence-corrected chi connectivity index (χ2v) is 3.66. The lowest BCUT2D eigenvalue weighted by Crippen LogP contribution is -2.25. The first-order valence-electron chi connectivity index (χ1n) is 5.57. The highest BCUT2D eigenvalue weighted by Crippen LogP contribution is 2.22. The molecular formula is C13H13FN4O. The molecule has 1 heterocycles. The summed E-state index contributed by atoms with van der Waals surface area (Å²) in [7, 11) is 0. The molecule has 1 aromatic rings. The molecule has 0 radical (unpaired) electrons. The van der Waals surface area contributed by atoms with Crippen LogP contribution in [0, 0.1) is 5.82 Å². The molecule has 0 amide bonds. The first-order chi connectivity index (χ1) is 9.15. The molecule has 19 heavy (non-hydrogen) atoms. The van der Waals surface area contributed by atoms with Gasteiger partial charge in [-0.1, -0.05) is 12.7 Å². The number of nitrogens with zero attached hydrogens (tertiary/aromatic N) is 3. The van der Waals surface area contributed by atoms with Crippen LogP contribution in [0.25, 0.3) is 0 Å². The van der Waals surface area contributed by atoms with Crippen LogP contribution in [0.2, 0.25) is 0 Å². The van der Waals surface area contributed by atoms with E-state index < -0.39 is 5.82 Å². The maximum atomic E-state index is 13.7. The fraction of sp³-hybridized carbons (Fsp3) is 0.0769. The van der Waals surface area contributed by atoms with E-state index in [4.69, 9.17) is 10.5 Å². The molecule has 0 spiro atoms. The van der Waals surface area contributed by atoms with Crippen molar-refractivity contribution < 1.29 is 9.13 Å². The van der Waals surface area contributed by atoms with Crippen molar-refractivity contribution in [3.05, 3.63) is 48.6 Å². The summed E-state index contributed by atoms with van der Waals surface area (Å²) < 4.78 is 19.1. The Morgan fingerprint density at radius 3 is 2.89 bits per heavy atom. The van der Waals surface area contributed by atoms with Crippen LogP contribution in [0.3, 0.4) is 0 Å². The average molecular weight is 260 g/mol. The third-order valence-electron chi connectivity index (χ3n) is 2.43. The van der Waals surface area contributed by atoms with Crippen LogP contribution in [0.5, 0.6) is 5.75 Å². The Balaban J connectivity index is 2.29. The number of hydrogen-bond donors (Lipinski definition) is 1. The second-order valence-electron chi connectivity index (χ2n) is 3.66. The maximum absolute atomic E-state index is 13.7. The lowest BCUT2D eigenvalue weighted by Gasteiger charge is -2.21. The van der Waals surface area contributed by atoms with Gasteiger partial charge in [0.25, 0.3) is 0 Å². The van der Waals surface area contributed by atoms with Gasteiger partial charge in [-0.25, -0.2) is 9.40 Å². The molecule has 1 aliphatic rings. The Labute approximate surface area is 110 Å². The third kappa shape index (κ3) is 2.62. The molecule has 1 aromatic carbocycles. The summed E-state index contributed by atoms with van der Waals surface area (Å²) in [4.78, 5) is 3.99. The zero-order valence-corrected chi connectivity index (χ0v) is 10.4. The van der Waals surface area contributed by atoms with Gasteiger partial charge in [0.1, 0.15) is 12.0 Å². The number of nitrogens with two attached hydrogens (primary N) is 1. The van der Waals surface area contributed by atoms with Crippen LogP contribution in [0.4, 0.5) is 10.1 Å². The first-order valence-corrected chi connectivity index (χ1v) is 5.57. The number of rotatable bonds is 2. The third-order valence-corrected chi connectivity index (χ3v) is 2.43. The van der Waals surface area contributed by atoms with Crippen LogP contribution in [0.1, 0.15) is 6.92 Å². The predicted octanol–water partition coefficient (Wildman–Crippen LogP) is 2.49. The van der Waals surface area contributed by atoms with Gasteiger partial charge in [0, 0.05) is 18.0 Å². The minimum Gasteiger partial charge on any atom is -0.434 e. The molecule has 0 aliphatic carbocycles. The molecule has 2 N–H and O–H groups in total. The number of anilines is 1. The quantitative estimate of drug-likeness (QED) is 0.831. The molecule has 0 unspecified atom stereocenters. The van der Waals surface area contributed by atoms with Crippen LogP contribution in [0.15, 0.2) is 52.8 Å². The van der Waals surface area contributed by atoms with Crippen LogP contribution < -0.4 is 10.5 Å². The van der Waals surface area contributed by atoms with Crippen molar-refractivity contribution >= 4 is 17.9 Å². The normalized spacial score (nSPS) is 16.4. The molecule has 0 bridgehead atoms. The molecule has 1 aliphatic heterocycles. The largest absolute Gasteiger partial charge is 0.434 e. The molecule has 0 saturated carbocycles. The number of benzene rings is 1. The van der Waals surface area contributed by atoms with Gasteiger partial charge in [-0.15, -0.1) is 0 Å². The SMILES string of the molecule is C=CN1N=CN=C(Oc2ccc(N)cc2F)/C1=C/C. The maximum Gasteiger partial charge on any atom is 0.246 e. The van der Waals surface area contributed by atoms with Gasteiger partial charge in [-0.3, -0.25) is 0 Å². The summed E-state index contributed by atoms with van der Waals surface area (Å²) in [5.41, 5.74) is 6.38. The Hall–Kier alpha value is -2.63. The van der Waals surface area contributed by atoms with E-state index in [2.05, 4.69) is 16.7 Å². The van der Waals surface area contributed by atoms with Gasteiger partial charge in [0.15, 0.2) is 11.6 Å². The summed E-state index contributed by atoms with van der Waals surface area (Å²) in [5, 5.41) is 5.45. The van der Waals surface area contributed by atoms with Crippen molar-refractivity contribution in [2.24, 2.45) is 10.1 Å². The van der Waals surface area contributed by atoms with E-state index in [-0.39, 0.29) is 11.6 Å². The van der Waals surface area contributed by atoms with Crippen LogP contribution in [-0.2, 0) is 0 Å². The zero-order chi connectivity index (χ0) is 13.8. The molecule has 6 heteroatoms. The number of hydrogen-bond acceptors (Lipinski definition) is 5. The molecule has 0 fully saturated rings. The monoisotopic (exact) mass is 260 g/mol. The molecule has 0 saturated heterocycles. The van der Waals surface area contributed by atoms with E-state index >= 15 is 0 Å². The van der Waals surface area contributed by atoms with Crippen molar-refractivity contribution in [1.29, 1.82) is 0 Å². The summed E-state index contributed by atoms with van der Waals surface area (Å²) in [6.45, 7) is 5.42. The Bertz CT molecular complexity index is 592. The Morgan fingerprint density at radius 2 is 2.26 bits per heavy atom.